The van der Waals surface area contributed by atoms with Crippen LogP contribution in [0.15, 0.2) is 0 Å². The molecule has 1 heterocycles. The number of carbonyl (C=O) groups is 2. The summed E-state index contributed by atoms with van der Waals surface area (Å²) in [5, 5.41) is 0. The van der Waals surface area contributed by atoms with Crippen LogP contribution in [0.25, 0.3) is 0 Å². The lowest BCUT2D eigenvalue weighted by molar-refractivity contribution is -0.131. The van der Waals surface area contributed by atoms with Gasteiger partial charge in [0.15, 0.2) is 0 Å². The van der Waals surface area contributed by atoms with Gasteiger partial charge in [-0.05, 0) is 52.9 Å². The first kappa shape index (κ1) is 17.1. The highest BCUT2D eigenvalue weighted by Crippen LogP contribution is 2.30. The van der Waals surface area contributed by atoms with Gasteiger partial charge < -0.3 is 20.3 Å². The van der Waals surface area contributed by atoms with Gasteiger partial charge in [-0.25, -0.2) is 4.79 Å². The molecule has 2 atom stereocenters. The zero-order valence-corrected chi connectivity index (χ0v) is 14.2. The van der Waals surface area contributed by atoms with Crippen molar-refractivity contribution < 1.29 is 14.3 Å². The molecule has 6 nitrogen and oxygen atoms in total. The summed E-state index contributed by atoms with van der Waals surface area (Å²) >= 11 is 0. The summed E-state index contributed by atoms with van der Waals surface area (Å²) in [7, 11) is 0. The fourth-order valence-corrected chi connectivity index (χ4v) is 2.83. The average Bonchev–Trinajstić information content (AvgIpc) is 3.11. The summed E-state index contributed by atoms with van der Waals surface area (Å²) in [6.07, 6.45) is 2.79. The number of nitrogens with zero attached hydrogens (tertiary/aromatic N) is 2. The lowest BCUT2D eigenvalue weighted by Crippen LogP contribution is -2.43. The Hall–Kier alpha value is -1.30. The molecule has 0 aromatic heterocycles. The van der Waals surface area contributed by atoms with Gasteiger partial charge in [-0.15, -0.1) is 0 Å². The van der Waals surface area contributed by atoms with Crippen LogP contribution < -0.4 is 5.73 Å². The third kappa shape index (κ3) is 4.60. The van der Waals surface area contributed by atoms with Crippen molar-refractivity contribution in [2.24, 2.45) is 11.7 Å². The van der Waals surface area contributed by atoms with Gasteiger partial charge in [0.2, 0.25) is 5.91 Å². The fraction of sp³-hybridized carbons (Fsp3) is 0.875. The highest BCUT2D eigenvalue weighted by atomic mass is 16.6. The topological polar surface area (TPSA) is 75.9 Å². The van der Waals surface area contributed by atoms with Crippen molar-refractivity contribution in [1.29, 1.82) is 0 Å². The molecule has 1 aliphatic heterocycles. The largest absolute Gasteiger partial charge is 0.444 e. The minimum absolute atomic E-state index is 0.00209. The molecule has 6 heteroatoms. The molecule has 2 aliphatic rings. The zero-order valence-electron chi connectivity index (χ0n) is 14.2. The molecule has 0 bridgehead atoms. The molecule has 126 valence electrons. The predicted octanol–water partition coefficient (Wildman–Crippen LogP) is 1.58. The maximum atomic E-state index is 12.4. The molecule has 2 amide bonds. The molecule has 1 saturated heterocycles. The van der Waals surface area contributed by atoms with E-state index in [1.165, 1.54) is 0 Å². The molecule has 2 unspecified atom stereocenters. The molecule has 2 rings (SSSR count). The maximum absolute atomic E-state index is 12.4. The molecule has 2 fully saturated rings. The normalized spacial score (nSPS) is 23.3. The second-order valence-electron chi connectivity index (χ2n) is 7.59. The van der Waals surface area contributed by atoms with Crippen LogP contribution in [0.1, 0.15) is 47.0 Å². The summed E-state index contributed by atoms with van der Waals surface area (Å²) in [5.41, 5.74) is 5.19. The smallest absolute Gasteiger partial charge is 0.410 e. The third-order valence-corrected chi connectivity index (χ3v) is 4.06. The van der Waals surface area contributed by atoms with Crippen molar-refractivity contribution in [3.05, 3.63) is 0 Å². The van der Waals surface area contributed by atoms with E-state index >= 15 is 0 Å². The van der Waals surface area contributed by atoms with Gasteiger partial charge in [-0.3, -0.25) is 4.79 Å². The van der Waals surface area contributed by atoms with Crippen LogP contribution in [-0.4, -0.2) is 59.1 Å². The van der Waals surface area contributed by atoms with E-state index in [-0.39, 0.29) is 12.0 Å². The Morgan fingerprint density at radius 1 is 1.32 bits per heavy atom. The fourth-order valence-electron chi connectivity index (χ4n) is 2.83. The van der Waals surface area contributed by atoms with Crippen LogP contribution in [0.4, 0.5) is 4.79 Å². The molecule has 2 N–H and O–H groups in total. The Bertz CT molecular complexity index is 427. The summed E-state index contributed by atoms with van der Waals surface area (Å²) in [4.78, 5) is 28.0. The van der Waals surface area contributed by atoms with E-state index in [2.05, 4.69) is 0 Å². The van der Waals surface area contributed by atoms with E-state index in [1.807, 2.05) is 30.6 Å². The number of nitrogens with two attached hydrogens (primary N) is 1. The molecule has 0 spiro atoms. The van der Waals surface area contributed by atoms with Gasteiger partial charge in [0.05, 0.1) is 6.04 Å². The number of ether oxygens (including phenoxy) is 1. The minimum Gasteiger partial charge on any atom is -0.444 e. The van der Waals surface area contributed by atoms with Crippen LogP contribution >= 0.6 is 0 Å². The summed E-state index contributed by atoms with van der Waals surface area (Å²) < 4.78 is 5.51. The van der Waals surface area contributed by atoms with Crippen molar-refractivity contribution in [2.45, 2.75) is 64.6 Å². The third-order valence-electron chi connectivity index (χ3n) is 4.06. The van der Waals surface area contributed by atoms with Crippen molar-refractivity contribution in [2.75, 3.05) is 19.6 Å². The number of hydrogen-bond acceptors (Lipinski definition) is 4. The van der Waals surface area contributed by atoms with Crippen LogP contribution in [0.2, 0.25) is 0 Å². The maximum Gasteiger partial charge on any atom is 0.410 e. The molecular formula is C16H29N3O3. The Kier molecular flexibility index (Phi) is 5.00. The van der Waals surface area contributed by atoms with Gasteiger partial charge >= 0.3 is 6.09 Å². The molecule has 0 aromatic carbocycles. The van der Waals surface area contributed by atoms with Crippen LogP contribution in [-0.2, 0) is 9.53 Å². The van der Waals surface area contributed by atoms with Crippen LogP contribution in [0, 0.1) is 5.92 Å². The SMILES string of the molecule is CC(N)C(=O)N1CCC(CN(C(=O)OC(C)(C)C)C2CC2)C1. The van der Waals surface area contributed by atoms with E-state index in [0.29, 0.717) is 25.0 Å². The molecular weight excluding hydrogens is 282 g/mol. The van der Waals surface area contributed by atoms with E-state index in [9.17, 15) is 9.59 Å². The highest BCUT2D eigenvalue weighted by Gasteiger charge is 2.38. The molecule has 0 radical (unpaired) electrons. The lowest BCUT2D eigenvalue weighted by Gasteiger charge is -2.29. The first-order valence-corrected chi connectivity index (χ1v) is 8.21. The Balaban J connectivity index is 1.90. The second-order valence-corrected chi connectivity index (χ2v) is 7.59. The van der Waals surface area contributed by atoms with Gasteiger partial charge in [0, 0.05) is 25.7 Å². The Morgan fingerprint density at radius 3 is 2.45 bits per heavy atom. The van der Waals surface area contributed by atoms with Crippen molar-refractivity contribution in [3.63, 3.8) is 0 Å². The summed E-state index contributed by atoms with van der Waals surface area (Å²) in [5.74, 6) is 0.313. The quantitative estimate of drug-likeness (QED) is 0.855. The van der Waals surface area contributed by atoms with Crippen molar-refractivity contribution in [1.82, 2.24) is 9.80 Å². The first-order chi connectivity index (χ1) is 10.2. The number of amides is 2. The van der Waals surface area contributed by atoms with E-state index in [0.717, 1.165) is 25.8 Å². The van der Waals surface area contributed by atoms with Crippen molar-refractivity contribution in [3.8, 4) is 0 Å². The first-order valence-electron chi connectivity index (χ1n) is 8.21. The van der Waals surface area contributed by atoms with Crippen molar-refractivity contribution >= 4 is 12.0 Å². The van der Waals surface area contributed by atoms with Gasteiger partial charge in [-0.2, -0.15) is 0 Å². The van der Waals surface area contributed by atoms with E-state index in [4.69, 9.17) is 10.5 Å². The van der Waals surface area contributed by atoms with Gasteiger partial charge in [0.1, 0.15) is 5.60 Å². The Labute approximate surface area is 132 Å². The molecule has 0 aromatic rings. The number of likely N-dealkylation sites (tertiary alicyclic amines) is 1. The molecule has 1 saturated carbocycles. The standard InChI is InChI=1S/C16H29N3O3/c1-11(17)14(20)18-8-7-12(9-18)10-19(13-5-6-13)15(21)22-16(2,3)4/h11-13H,5-10,17H2,1-4H3. The van der Waals surface area contributed by atoms with Crippen LogP contribution in [0.3, 0.4) is 0 Å². The summed E-state index contributed by atoms with van der Waals surface area (Å²) in [6, 6.07) is -0.142. The average molecular weight is 311 g/mol. The molecule has 22 heavy (non-hydrogen) atoms. The van der Waals surface area contributed by atoms with E-state index < -0.39 is 11.6 Å². The van der Waals surface area contributed by atoms with E-state index in [1.54, 1.807) is 6.92 Å². The molecule has 1 aliphatic carbocycles. The Morgan fingerprint density at radius 2 is 1.95 bits per heavy atom. The number of rotatable bonds is 4. The monoisotopic (exact) mass is 311 g/mol. The number of carbonyl (C=O) groups excluding carboxylic acids is 2. The second kappa shape index (κ2) is 6.44. The van der Waals surface area contributed by atoms with Gasteiger partial charge in [0.25, 0.3) is 0 Å². The van der Waals surface area contributed by atoms with Gasteiger partial charge in [-0.1, -0.05) is 0 Å². The van der Waals surface area contributed by atoms with Crippen LogP contribution in [0.5, 0.6) is 0 Å². The zero-order chi connectivity index (χ0) is 16.5. The number of hydrogen-bond donors (Lipinski definition) is 1. The minimum atomic E-state index is -0.475. The predicted molar refractivity (Wildman–Crippen MR) is 84.3 cm³/mol. The summed E-state index contributed by atoms with van der Waals surface area (Å²) in [6.45, 7) is 9.46. The highest BCUT2D eigenvalue weighted by molar-refractivity contribution is 5.81. The lowest BCUT2D eigenvalue weighted by atomic mass is 10.1.